The Morgan fingerprint density at radius 1 is 1.19 bits per heavy atom. The average molecular weight is 435 g/mol. The predicted molar refractivity (Wildman–Crippen MR) is 120 cm³/mol. The van der Waals surface area contributed by atoms with Crippen molar-refractivity contribution >= 4 is 29.4 Å². The van der Waals surface area contributed by atoms with Gasteiger partial charge in [0.1, 0.15) is 5.69 Å². The largest absolute Gasteiger partial charge is 0.378 e. The topological polar surface area (TPSA) is 105 Å². The fourth-order valence-corrected chi connectivity index (χ4v) is 3.63. The van der Waals surface area contributed by atoms with E-state index >= 15 is 0 Å². The van der Waals surface area contributed by atoms with Crippen molar-refractivity contribution in [1.29, 1.82) is 0 Å². The number of hydrogen-bond donors (Lipinski definition) is 2. The van der Waals surface area contributed by atoms with Gasteiger partial charge in [0.25, 0.3) is 5.91 Å². The number of hydrogen-bond acceptors (Lipinski definition) is 8. The number of imidazole rings is 1. The quantitative estimate of drug-likeness (QED) is 0.446. The summed E-state index contributed by atoms with van der Waals surface area (Å²) in [6.07, 6.45) is 5.25. The highest BCUT2D eigenvalue weighted by atomic mass is 16.5. The summed E-state index contributed by atoms with van der Waals surface area (Å²) in [5.41, 5.74) is 6.13. The van der Waals surface area contributed by atoms with Crippen LogP contribution in [-0.2, 0) is 9.47 Å². The van der Waals surface area contributed by atoms with Crippen LogP contribution in [0.3, 0.4) is 0 Å². The summed E-state index contributed by atoms with van der Waals surface area (Å²) < 4.78 is 12.4. The summed E-state index contributed by atoms with van der Waals surface area (Å²) in [6, 6.07) is 8.11. The van der Waals surface area contributed by atoms with E-state index in [0.29, 0.717) is 62.5 Å². The van der Waals surface area contributed by atoms with Gasteiger partial charge < -0.3 is 19.7 Å². The van der Waals surface area contributed by atoms with Crippen LogP contribution in [0.2, 0.25) is 0 Å². The highest BCUT2D eigenvalue weighted by Gasteiger charge is 2.24. The van der Waals surface area contributed by atoms with Gasteiger partial charge in [-0.2, -0.15) is 5.10 Å². The Labute approximate surface area is 185 Å². The van der Waals surface area contributed by atoms with E-state index in [1.165, 1.54) is 5.56 Å². The minimum atomic E-state index is -0.220. The Kier molecular flexibility index (Phi) is 5.70. The first-order valence-corrected chi connectivity index (χ1v) is 10.6. The minimum absolute atomic E-state index is 0.0392. The molecule has 0 atom stereocenters. The summed E-state index contributed by atoms with van der Waals surface area (Å²) in [4.78, 5) is 24.0. The fourth-order valence-electron chi connectivity index (χ4n) is 3.63. The number of morpholine rings is 1. The van der Waals surface area contributed by atoms with Gasteiger partial charge >= 0.3 is 0 Å². The summed E-state index contributed by atoms with van der Waals surface area (Å²) in [7, 11) is 0. The molecule has 0 bridgehead atoms. The Morgan fingerprint density at radius 3 is 2.78 bits per heavy atom. The van der Waals surface area contributed by atoms with Gasteiger partial charge in [-0.1, -0.05) is 29.8 Å². The molecule has 2 aliphatic rings. The number of hydrazone groups is 1. The lowest BCUT2D eigenvalue weighted by Crippen LogP contribution is -2.48. The molecule has 10 heteroatoms. The number of benzene rings is 1. The first-order chi connectivity index (χ1) is 15.7. The van der Waals surface area contributed by atoms with Gasteiger partial charge in [0.05, 0.1) is 44.9 Å². The number of ether oxygens (including phenoxy) is 2. The lowest BCUT2D eigenvalue weighted by Gasteiger charge is -2.28. The molecule has 0 spiro atoms. The normalized spacial score (nSPS) is 17.0. The third-order valence-corrected chi connectivity index (χ3v) is 5.37. The molecule has 0 aliphatic carbocycles. The Morgan fingerprint density at radius 2 is 2.03 bits per heavy atom. The molecule has 2 fully saturated rings. The van der Waals surface area contributed by atoms with Crippen molar-refractivity contribution in [2.45, 2.75) is 13.0 Å². The number of aryl methyl sites for hydroxylation is 1. The molecule has 1 amide bonds. The number of carbonyl (C=O) groups excluding carboxylic acids is 1. The van der Waals surface area contributed by atoms with Gasteiger partial charge in [-0.05, 0) is 12.5 Å². The Balaban J connectivity index is 1.43. The highest BCUT2D eigenvalue weighted by Crippen LogP contribution is 2.23. The summed E-state index contributed by atoms with van der Waals surface area (Å²) in [6.45, 7) is 5.75. The second-order valence-electron chi connectivity index (χ2n) is 7.90. The number of fused-ring (bicyclic) bond motifs is 1. The first kappa shape index (κ1) is 20.4. The van der Waals surface area contributed by atoms with Gasteiger partial charge in [0.2, 0.25) is 0 Å². The molecule has 5 rings (SSSR count). The maximum Gasteiger partial charge on any atom is 0.271 e. The smallest absolute Gasteiger partial charge is 0.271 e. The standard InChI is InChI=1S/C22H25N7O3/c1-15-3-2-4-16(9-15)10-23-27-19-12-29-11-18(22(30)24-17-13-32-14-17)25-20(29)21(26-19)28-5-7-31-8-6-28/h2-4,9-12,17,27H,5-8,13-14H2,1H3,(H,24,30)/b23-10+. The molecule has 2 saturated heterocycles. The van der Waals surface area contributed by atoms with E-state index in [1.54, 1.807) is 18.6 Å². The van der Waals surface area contributed by atoms with Gasteiger partial charge in [-0.15, -0.1) is 0 Å². The van der Waals surface area contributed by atoms with Crippen molar-refractivity contribution in [2.24, 2.45) is 5.10 Å². The van der Waals surface area contributed by atoms with Crippen molar-refractivity contribution in [3.8, 4) is 0 Å². The molecule has 10 nitrogen and oxygen atoms in total. The van der Waals surface area contributed by atoms with E-state index in [0.717, 1.165) is 5.56 Å². The maximum atomic E-state index is 12.6. The molecule has 2 aromatic heterocycles. The van der Waals surface area contributed by atoms with Crippen molar-refractivity contribution in [2.75, 3.05) is 49.8 Å². The van der Waals surface area contributed by atoms with E-state index in [-0.39, 0.29) is 11.9 Å². The third-order valence-electron chi connectivity index (χ3n) is 5.37. The monoisotopic (exact) mass is 435 g/mol. The summed E-state index contributed by atoms with van der Waals surface area (Å²) >= 11 is 0. The molecule has 0 saturated carbocycles. The fraction of sp³-hybridized carbons (Fsp3) is 0.364. The van der Waals surface area contributed by atoms with Gasteiger partial charge in [-0.25, -0.2) is 9.97 Å². The van der Waals surface area contributed by atoms with E-state index in [4.69, 9.17) is 14.5 Å². The van der Waals surface area contributed by atoms with Crippen LogP contribution < -0.4 is 15.6 Å². The zero-order valence-electron chi connectivity index (χ0n) is 17.8. The van der Waals surface area contributed by atoms with Crippen LogP contribution >= 0.6 is 0 Å². The lowest BCUT2D eigenvalue weighted by molar-refractivity contribution is -0.00353. The van der Waals surface area contributed by atoms with Crippen molar-refractivity contribution in [1.82, 2.24) is 19.7 Å². The van der Waals surface area contributed by atoms with Gasteiger partial charge in [0, 0.05) is 19.3 Å². The number of rotatable bonds is 6. The lowest BCUT2D eigenvalue weighted by atomic mass is 10.2. The number of nitrogens with zero attached hydrogens (tertiary/aromatic N) is 5. The number of anilines is 2. The number of amides is 1. The second kappa shape index (κ2) is 8.93. The first-order valence-electron chi connectivity index (χ1n) is 10.6. The molecule has 4 heterocycles. The zero-order valence-corrected chi connectivity index (χ0v) is 17.8. The van der Waals surface area contributed by atoms with Crippen LogP contribution in [0.15, 0.2) is 41.8 Å². The van der Waals surface area contributed by atoms with E-state index < -0.39 is 0 Å². The summed E-state index contributed by atoms with van der Waals surface area (Å²) in [5, 5.41) is 7.27. The molecule has 3 aromatic rings. The van der Waals surface area contributed by atoms with Crippen LogP contribution in [0.5, 0.6) is 0 Å². The molecule has 32 heavy (non-hydrogen) atoms. The Hall–Kier alpha value is -3.50. The molecule has 2 aliphatic heterocycles. The van der Waals surface area contributed by atoms with Crippen molar-refractivity contribution in [3.05, 3.63) is 53.5 Å². The van der Waals surface area contributed by atoms with Crippen LogP contribution in [0.1, 0.15) is 21.6 Å². The molecular weight excluding hydrogens is 410 g/mol. The van der Waals surface area contributed by atoms with Crippen LogP contribution in [0.4, 0.5) is 11.6 Å². The molecule has 0 unspecified atom stereocenters. The number of nitrogens with one attached hydrogen (secondary N) is 2. The van der Waals surface area contributed by atoms with E-state index in [9.17, 15) is 4.79 Å². The van der Waals surface area contributed by atoms with Gasteiger partial charge in [0.15, 0.2) is 17.3 Å². The summed E-state index contributed by atoms with van der Waals surface area (Å²) in [5.74, 6) is 1.02. The number of aromatic nitrogens is 3. The average Bonchev–Trinajstić information content (AvgIpc) is 3.21. The molecule has 2 N–H and O–H groups in total. The van der Waals surface area contributed by atoms with E-state index in [2.05, 4.69) is 31.8 Å². The zero-order chi connectivity index (χ0) is 21.9. The SMILES string of the molecule is Cc1cccc(/C=N/Nc2cn3cc(C(=O)NC4COC4)nc3c(N3CCOCC3)n2)c1. The van der Waals surface area contributed by atoms with Crippen molar-refractivity contribution in [3.63, 3.8) is 0 Å². The third kappa shape index (κ3) is 4.41. The van der Waals surface area contributed by atoms with Crippen LogP contribution in [0, 0.1) is 6.92 Å². The van der Waals surface area contributed by atoms with Gasteiger partial charge in [-0.3, -0.25) is 14.6 Å². The minimum Gasteiger partial charge on any atom is -0.378 e. The highest BCUT2D eigenvalue weighted by molar-refractivity contribution is 5.93. The maximum absolute atomic E-state index is 12.6. The second-order valence-corrected chi connectivity index (χ2v) is 7.90. The molecule has 1 aromatic carbocycles. The van der Waals surface area contributed by atoms with E-state index in [1.807, 2.05) is 29.5 Å². The predicted octanol–water partition coefficient (Wildman–Crippen LogP) is 1.45. The molecular formula is C22H25N7O3. The molecule has 166 valence electrons. The number of carbonyl (C=O) groups is 1. The Bertz CT molecular complexity index is 1150. The van der Waals surface area contributed by atoms with Crippen LogP contribution in [-0.4, -0.2) is 72.0 Å². The van der Waals surface area contributed by atoms with Crippen molar-refractivity contribution < 1.29 is 14.3 Å². The molecule has 0 radical (unpaired) electrons. The van der Waals surface area contributed by atoms with Crippen LogP contribution in [0.25, 0.3) is 5.65 Å².